The molecule has 5 atom stereocenters. The average molecular weight is 355 g/mol. The highest BCUT2D eigenvalue weighted by Gasteiger charge is 2.38. The van der Waals surface area contributed by atoms with E-state index < -0.39 is 0 Å². The lowest BCUT2D eigenvalue weighted by Gasteiger charge is -2.43. The molecule has 0 saturated carbocycles. The van der Waals surface area contributed by atoms with Crippen LogP contribution in [-0.4, -0.2) is 24.8 Å². The molecule has 0 amide bonds. The quantitative estimate of drug-likeness (QED) is 0.403. The molecule has 3 nitrogen and oxygen atoms in total. The molecule has 0 aromatic heterocycles. The smallest absolute Gasteiger partial charge is 0.160 e. The maximum absolute atomic E-state index is 12.3. The number of carbonyl (C=O) groups excluding carboxylic acids is 1. The van der Waals surface area contributed by atoms with Crippen molar-refractivity contribution in [3.8, 4) is 0 Å². The summed E-state index contributed by atoms with van der Waals surface area (Å²) in [6.45, 7) is 14.1. The summed E-state index contributed by atoms with van der Waals surface area (Å²) in [6.07, 6.45) is 8.16. The van der Waals surface area contributed by atoms with E-state index in [9.17, 15) is 4.79 Å². The van der Waals surface area contributed by atoms with Crippen LogP contribution in [0.25, 0.3) is 0 Å². The van der Waals surface area contributed by atoms with Crippen molar-refractivity contribution in [1.29, 1.82) is 0 Å². The lowest BCUT2D eigenvalue weighted by atomic mass is 9.78. The van der Waals surface area contributed by atoms with Crippen molar-refractivity contribution in [2.24, 2.45) is 23.7 Å². The largest absolute Gasteiger partial charge is 0.352 e. The summed E-state index contributed by atoms with van der Waals surface area (Å²) in [4.78, 5) is 12.3. The minimum Gasteiger partial charge on any atom is -0.352 e. The standard InChI is InChI=1S/C22H42O3/c1-7-12-19(13-8-2)20(23)14-10-11-15-24-22-18(6)16(4)17(5)21(9-3)25-22/h16-19,21-22H,7-15H2,1-6H3. The Balaban J connectivity index is 2.29. The summed E-state index contributed by atoms with van der Waals surface area (Å²) in [5, 5.41) is 0. The van der Waals surface area contributed by atoms with E-state index >= 15 is 0 Å². The first kappa shape index (κ1) is 22.6. The van der Waals surface area contributed by atoms with Gasteiger partial charge in [0.2, 0.25) is 0 Å². The maximum atomic E-state index is 12.3. The predicted octanol–water partition coefficient (Wildman–Crippen LogP) is 6.00. The zero-order chi connectivity index (χ0) is 18.8. The molecule has 148 valence electrons. The molecule has 0 aromatic carbocycles. The number of ether oxygens (including phenoxy) is 2. The number of hydrogen-bond donors (Lipinski definition) is 0. The summed E-state index contributed by atoms with van der Waals surface area (Å²) in [5.41, 5.74) is 0. The SMILES string of the molecule is CCCC(CCC)C(=O)CCCCOC1OC(CC)C(C)C(C)C1C. The monoisotopic (exact) mass is 354 g/mol. The first-order chi connectivity index (χ1) is 12.0. The van der Waals surface area contributed by atoms with Crippen molar-refractivity contribution < 1.29 is 14.3 Å². The van der Waals surface area contributed by atoms with Gasteiger partial charge < -0.3 is 9.47 Å². The third-order valence-corrected chi connectivity index (χ3v) is 6.21. The molecular formula is C22H42O3. The van der Waals surface area contributed by atoms with Crippen LogP contribution in [0.15, 0.2) is 0 Å². The molecule has 1 aliphatic heterocycles. The fourth-order valence-electron chi connectivity index (χ4n) is 4.11. The lowest BCUT2D eigenvalue weighted by molar-refractivity contribution is -0.248. The van der Waals surface area contributed by atoms with E-state index in [1.165, 1.54) is 0 Å². The number of unbranched alkanes of at least 4 members (excludes halogenated alkanes) is 1. The van der Waals surface area contributed by atoms with E-state index in [0.717, 1.165) is 44.9 Å². The minimum absolute atomic E-state index is 0.0835. The van der Waals surface area contributed by atoms with E-state index in [4.69, 9.17) is 9.47 Å². The Bertz CT molecular complexity index is 360. The number of hydrogen-bond acceptors (Lipinski definition) is 3. The van der Waals surface area contributed by atoms with Crippen LogP contribution in [0.5, 0.6) is 0 Å². The molecule has 0 aliphatic carbocycles. The van der Waals surface area contributed by atoms with Gasteiger partial charge in [-0.3, -0.25) is 4.79 Å². The summed E-state index contributed by atoms with van der Waals surface area (Å²) < 4.78 is 12.2. The summed E-state index contributed by atoms with van der Waals surface area (Å²) in [5.74, 6) is 2.38. The van der Waals surface area contributed by atoms with Gasteiger partial charge >= 0.3 is 0 Å². The van der Waals surface area contributed by atoms with Crippen molar-refractivity contribution >= 4 is 5.78 Å². The number of ketones is 1. The molecule has 1 saturated heterocycles. The first-order valence-corrected chi connectivity index (χ1v) is 10.8. The van der Waals surface area contributed by atoms with Gasteiger partial charge in [0.1, 0.15) is 5.78 Å². The molecule has 1 rings (SSSR count). The Kier molecular flexibility index (Phi) is 10.9. The second-order valence-corrected chi connectivity index (χ2v) is 8.10. The first-order valence-electron chi connectivity index (χ1n) is 10.8. The molecule has 0 N–H and O–H groups in total. The fraction of sp³-hybridized carbons (Fsp3) is 0.955. The average Bonchev–Trinajstić information content (AvgIpc) is 2.60. The zero-order valence-electron chi connectivity index (χ0n) is 17.6. The number of carbonyl (C=O) groups is 1. The van der Waals surface area contributed by atoms with Crippen LogP contribution in [0.1, 0.15) is 92.9 Å². The van der Waals surface area contributed by atoms with Gasteiger partial charge in [0, 0.05) is 24.9 Å². The topological polar surface area (TPSA) is 35.5 Å². The maximum Gasteiger partial charge on any atom is 0.160 e. The summed E-state index contributed by atoms with van der Waals surface area (Å²) in [6, 6.07) is 0. The van der Waals surface area contributed by atoms with Gasteiger partial charge in [-0.15, -0.1) is 0 Å². The van der Waals surface area contributed by atoms with Gasteiger partial charge in [-0.1, -0.05) is 54.4 Å². The van der Waals surface area contributed by atoms with Crippen LogP contribution in [0.4, 0.5) is 0 Å². The number of rotatable bonds is 12. The van der Waals surface area contributed by atoms with Crippen LogP contribution in [-0.2, 0) is 14.3 Å². The second-order valence-electron chi connectivity index (χ2n) is 8.10. The zero-order valence-corrected chi connectivity index (χ0v) is 17.6. The molecular weight excluding hydrogens is 312 g/mol. The highest BCUT2D eigenvalue weighted by molar-refractivity contribution is 5.80. The number of Topliss-reactive ketones (excluding diaryl/α,β-unsaturated/α-hetero) is 1. The molecule has 1 aliphatic rings. The Labute approximate surface area is 156 Å². The van der Waals surface area contributed by atoms with E-state index in [1.807, 2.05) is 0 Å². The normalized spacial score (nSPS) is 30.0. The lowest BCUT2D eigenvalue weighted by Crippen LogP contribution is -2.45. The van der Waals surface area contributed by atoms with Crippen molar-refractivity contribution in [3.05, 3.63) is 0 Å². The van der Waals surface area contributed by atoms with Gasteiger partial charge in [0.15, 0.2) is 6.29 Å². The van der Waals surface area contributed by atoms with Crippen LogP contribution < -0.4 is 0 Å². The molecule has 0 radical (unpaired) electrons. The Hall–Kier alpha value is -0.410. The Morgan fingerprint density at radius 1 is 0.960 bits per heavy atom. The van der Waals surface area contributed by atoms with Gasteiger partial charge in [-0.2, -0.15) is 0 Å². The molecule has 5 unspecified atom stereocenters. The van der Waals surface area contributed by atoms with Gasteiger partial charge in [-0.25, -0.2) is 0 Å². The van der Waals surface area contributed by atoms with Crippen LogP contribution >= 0.6 is 0 Å². The van der Waals surface area contributed by atoms with Gasteiger partial charge in [-0.05, 0) is 43.9 Å². The van der Waals surface area contributed by atoms with Crippen LogP contribution in [0.2, 0.25) is 0 Å². The van der Waals surface area contributed by atoms with Gasteiger partial charge in [0.05, 0.1) is 6.10 Å². The summed E-state index contributed by atoms with van der Waals surface area (Å²) in [7, 11) is 0. The van der Waals surface area contributed by atoms with Crippen molar-refractivity contribution in [1.82, 2.24) is 0 Å². The molecule has 0 spiro atoms. The Morgan fingerprint density at radius 2 is 1.60 bits per heavy atom. The molecule has 0 aromatic rings. The molecule has 1 fully saturated rings. The van der Waals surface area contributed by atoms with Crippen molar-refractivity contribution in [2.75, 3.05) is 6.61 Å². The second kappa shape index (κ2) is 12.1. The Morgan fingerprint density at radius 3 is 2.16 bits per heavy atom. The van der Waals surface area contributed by atoms with Crippen LogP contribution in [0, 0.1) is 23.7 Å². The fourth-order valence-corrected chi connectivity index (χ4v) is 4.11. The third kappa shape index (κ3) is 7.02. The molecule has 25 heavy (non-hydrogen) atoms. The van der Waals surface area contributed by atoms with E-state index in [1.54, 1.807) is 0 Å². The highest BCUT2D eigenvalue weighted by Crippen LogP contribution is 2.36. The van der Waals surface area contributed by atoms with Crippen molar-refractivity contribution in [3.63, 3.8) is 0 Å². The highest BCUT2D eigenvalue weighted by atomic mass is 16.7. The van der Waals surface area contributed by atoms with E-state index in [-0.39, 0.29) is 12.2 Å². The molecule has 0 bridgehead atoms. The van der Waals surface area contributed by atoms with E-state index in [0.29, 0.717) is 42.7 Å². The van der Waals surface area contributed by atoms with Crippen molar-refractivity contribution in [2.45, 2.75) is 105 Å². The predicted molar refractivity (Wildman–Crippen MR) is 105 cm³/mol. The van der Waals surface area contributed by atoms with Crippen LogP contribution in [0.3, 0.4) is 0 Å². The molecule has 1 heterocycles. The summed E-state index contributed by atoms with van der Waals surface area (Å²) >= 11 is 0. The third-order valence-electron chi connectivity index (χ3n) is 6.21. The van der Waals surface area contributed by atoms with Gasteiger partial charge in [0.25, 0.3) is 0 Å². The van der Waals surface area contributed by atoms with E-state index in [2.05, 4.69) is 41.5 Å². The minimum atomic E-state index is -0.0835. The molecule has 3 heteroatoms.